The first kappa shape index (κ1) is 19.1. The van der Waals surface area contributed by atoms with Crippen LogP contribution in [0.4, 0.5) is 5.69 Å². The van der Waals surface area contributed by atoms with Gasteiger partial charge in [-0.2, -0.15) is 0 Å². The summed E-state index contributed by atoms with van der Waals surface area (Å²) < 4.78 is 10.5. The maximum atomic E-state index is 12.3. The predicted molar refractivity (Wildman–Crippen MR) is 96.7 cm³/mol. The Morgan fingerprint density at radius 1 is 1.24 bits per heavy atom. The third kappa shape index (κ3) is 5.96. The van der Waals surface area contributed by atoms with Gasteiger partial charge in [0, 0.05) is 18.2 Å². The number of anilines is 1. The first-order chi connectivity index (χ1) is 12.0. The largest absolute Gasteiger partial charge is 0.493 e. The van der Waals surface area contributed by atoms with Gasteiger partial charge in [0.05, 0.1) is 7.11 Å². The maximum absolute atomic E-state index is 12.3. The Hall–Kier alpha value is -2.24. The second kappa shape index (κ2) is 9.30. The molecule has 0 saturated heterocycles. The number of nitrogens with two attached hydrogens (primary N) is 1. The zero-order valence-electron chi connectivity index (χ0n) is 15.0. The molecule has 138 valence electrons. The molecule has 6 heteroatoms. The Kier molecular flexibility index (Phi) is 7.10. The number of carbonyl (C=O) groups excluding carboxylic acids is 2. The summed E-state index contributed by atoms with van der Waals surface area (Å²) in [6.07, 6.45) is 6.82. The molecule has 0 unspecified atom stereocenters. The summed E-state index contributed by atoms with van der Waals surface area (Å²) in [7, 11) is 1.51. The number of methoxy groups -OCH3 is 1. The molecule has 1 aliphatic carbocycles. The third-order valence-corrected chi connectivity index (χ3v) is 4.78. The van der Waals surface area contributed by atoms with Crippen LogP contribution in [0.3, 0.4) is 0 Å². The van der Waals surface area contributed by atoms with Crippen molar-refractivity contribution in [1.82, 2.24) is 0 Å². The van der Waals surface area contributed by atoms with Crippen molar-refractivity contribution in [2.24, 2.45) is 17.6 Å². The van der Waals surface area contributed by atoms with Gasteiger partial charge in [-0.25, -0.2) is 0 Å². The van der Waals surface area contributed by atoms with E-state index in [0.29, 0.717) is 35.4 Å². The second-order valence-corrected chi connectivity index (χ2v) is 6.75. The molecule has 0 radical (unpaired) electrons. The minimum absolute atomic E-state index is 0.0101. The number of hydrogen-bond acceptors (Lipinski definition) is 4. The average molecular weight is 348 g/mol. The highest BCUT2D eigenvalue weighted by atomic mass is 16.5. The van der Waals surface area contributed by atoms with Crippen molar-refractivity contribution in [2.45, 2.75) is 45.4 Å². The highest BCUT2D eigenvalue weighted by Crippen LogP contribution is 2.33. The monoisotopic (exact) mass is 348 g/mol. The molecule has 2 amide bonds. The van der Waals surface area contributed by atoms with E-state index in [4.69, 9.17) is 15.2 Å². The summed E-state index contributed by atoms with van der Waals surface area (Å²) in [6.45, 7) is 1.91. The quantitative estimate of drug-likeness (QED) is 0.755. The number of benzene rings is 1. The predicted octanol–water partition coefficient (Wildman–Crippen LogP) is 3.10. The standard InChI is InChI=1S/C19H28N2O4/c1-13(14-6-4-3-5-7-14)10-19(23)21-15-8-9-16(24-2)17(11-15)25-12-18(20)22/h8-9,11,13-14H,3-7,10,12H2,1-2H3,(H2,20,22)(H,21,23)/t13-/m1/s1. The molecule has 1 aromatic carbocycles. The SMILES string of the molecule is COc1ccc(NC(=O)C[C@@H](C)C2CCCCC2)cc1OCC(N)=O. The zero-order valence-corrected chi connectivity index (χ0v) is 15.0. The molecular formula is C19H28N2O4. The lowest BCUT2D eigenvalue weighted by molar-refractivity contribution is -0.120. The van der Waals surface area contributed by atoms with E-state index >= 15 is 0 Å². The Labute approximate surface area is 149 Å². The van der Waals surface area contributed by atoms with Gasteiger partial charge in [0.25, 0.3) is 5.91 Å². The van der Waals surface area contributed by atoms with Gasteiger partial charge < -0.3 is 20.5 Å². The first-order valence-corrected chi connectivity index (χ1v) is 8.88. The van der Waals surface area contributed by atoms with Gasteiger partial charge in [-0.1, -0.05) is 39.0 Å². The van der Waals surface area contributed by atoms with E-state index in [1.54, 1.807) is 18.2 Å². The van der Waals surface area contributed by atoms with E-state index < -0.39 is 5.91 Å². The lowest BCUT2D eigenvalue weighted by atomic mass is 9.79. The summed E-state index contributed by atoms with van der Waals surface area (Å²) in [5.41, 5.74) is 5.71. The van der Waals surface area contributed by atoms with Crippen LogP contribution in [0.15, 0.2) is 18.2 Å². The van der Waals surface area contributed by atoms with E-state index in [1.807, 2.05) is 0 Å². The third-order valence-electron chi connectivity index (χ3n) is 4.78. The van der Waals surface area contributed by atoms with Crippen LogP contribution in [-0.4, -0.2) is 25.5 Å². The average Bonchev–Trinajstić information content (AvgIpc) is 2.60. The molecule has 0 aromatic heterocycles. The Balaban J connectivity index is 1.94. The van der Waals surface area contributed by atoms with Crippen LogP contribution in [0.5, 0.6) is 11.5 Å². The molecule has 0 bridgehead atoms. The molecule has 0 aliphatic heterocycles. The Morgan fingerprint density at radius 2 is 1.96 bits per heavy atom. The summed E-state index contributed by atoms with van der Waals surface area (Å²) in [5.74, 6) is 1.30. The molecule has 1 atom stereocenters. The normalized spacial score (nSPS) is 16.1. The minimum Gasteiger partial charge on any atom is -0.493 e. The van der Waals surface area contributed by atoms with Gasteiger partial charge in [-0.05, 0) is 24.0 Å². The van der Waals surface area contributed by atoms with Crippen molar-refractivity contribution in [1.29, 1.82) is 0 Å². The van der Waals surface area contributed by atoms with E-state index in [9.17, 15) is 9.59 Å². The van der Waals surface area contributed by atoms with Crippen LogP contribution in [0.25, 0.3) is 0 Å². The highest BCUT2D eigenvalue weighted by molar-refractivity contribution is 5.91. The molecule has 3 N–H and O–H groups in total. The van der Waals surface area contributed by atoms with Gasteiger partial charge in [-0.15, -0.1) is 0 Å². The van der Waals surface area contributed by atoms with Crippen molar-refractivity contribution in [3.8, 4) is 11.5 Å². The molecule has 1 aromatic rings. The van der Waals surface area contributed by atoms with Crippen LogP contribution in [-0.2, 0) is 9.59 Å². The molecule has 2 rings (SSSR count). The molecule has 1 fully saturated rings. The van der Waals surface area contributed by atoms with Crippen molar-refractivity contribution in [3.05, 3.63) is 18.2 Å². The zero-order chi connectivity index (χ0) is 18.2. The number of carbonyl (C=O) groups is 2. The number of amides is 2. The summed E-state index contributed by atoms with van der Waals surface area (Å²) in [6, 6.07) is 5.08. The van der Waals surface area contributed by atoms with Crippen LogP contribution < -0.4 is 20.5 Å². The van der Waals surface area contributed by atoms with Crippen molar-refractivity contribution >= 4 is 17.5 Å². The van der Waals surface area contributed by atoms with E-state index in [-0.39, 0.29) is 12.5 Å². The maximum Gasteiger partial charge on any atom is 0.255 e. The second-order valence-electron chi connectivity index (χ2n) is 6.75. The van der Waals surface area contributed by atoms with Crippen LogP contribution in [0, 0.1) is 11.8 Å². The van der Waals surface area contributed by atoms with Gasteiger partial charge >= 0.3 is 0 Å². The summed E-state index contributed by atoms with van der Waals surface area (Å²) in [5, 5.41) is 2.90. The van der Waals surface area contributed by atoms with E-state index in [0.717, 1.165) is 0 Å². The molecule has 25 heavy (non-hydrogen) atoms. The molecule has 1 saturated carbocycles. The Morgan fingerprint density at radius 3 is 2.60 bits per heavy atom. The summed E-state index contributed by atoms with van der Waals surface area (Å²) >= 11 is 0. The molecule has 1 aliphatic rings. The molecule has 0 spiro atoms. The van der Waals surface area contributed by atoms with Gasteiger partial charge in [0.15, 0.2) is 18.1 Å². The molecular weight excluding hydrogens is 320 g/mol. The number of rotatable bonds is 8. The number of nitrogens with one attached hydrogen (secondary N) is 1. The van der Waals surface area contributed by atoms with Crippen LogP contribution in [0.2, 0.25) is 0 Å². The van der Waals surface area contributed by atoms with E-state index in [1.165, 1.54) is 39.2 Å². The molecule has 6 nitrogen and oxygen atoms in total. The van der Waals surface area contributed by atoms with Crippen LogP contribution in [0.1, 0.15) is 45.4 Å². The van der Waals surface area contributed by atoms with Crippen LogP contribution >= 0.6 is 0 Å². The van der Waals surface area contributed by atoms with Gasteiger partial charge in [0.1, 0.15) is 0 Å². The summed E-state index contributed by atoms with van der Waals surface area (Å²) in [4.78, 5) is 23.2. The minimum atomic E-state index is -0.571. The van der Waals surface area contributed by atoms with Crippen molar-refractivity contribution < 1.29 is 19.1 Å². The first-order valence-electron chi connectivity index (χ1n) is 8.88. The molecule has 0 heterocycles. The fourth-order valence-electron chi connectivity index (χ4n) is 3.39. The number of primary amides is 1. The number of hydrogen-bond donors (Lipinski definition) is 2. The lowest BCUT2D eigenvalue weighted by Gasteiger charge is -2.27. The van der Waals surface area contributed by atoms with Crippen molar-refractivity contribution in [2.75, 3.05) is 19.0 Å². The van der Waals surface area contributed by atoms with E-state index in [2.05, 4.69) is 12.2 Å². The fraction of sp³-hybridized carbons (Fsp3) is 0.579. The lowest BCUT2D eigenvalue weighted by Crippen LogP contribution is -2.22. The number of ether oxygens (including phenoxy) is 2. The van der Waals surface area contributed by atoms with Crippen molar-refractivity contribution in [3.63, 3.8) is 0 Å². The highest BCUT2D eigenvalue weighted by Gasteiger charge is 2.22. The Bertz CT molecular complexity index is 597. The topological polar surface area (TPSA) is 90.7 Å². The fourth-order valence-corrected chi connectivity index (χ4v) is 3.39. The smallest absolute Gasteiger partial charge is 0.255 e. The van der Waals surface area contributed by atoms with Gasteiger partial charge in [0.2, 0.25) is 5.91 Å². The van der Waals surface area contributed by atoms with Gasteiger partial charge in [-0.3, -0.25) is 9.59 Å².